The van der Waals surface area contributed by atoms with Gasteiger partial charge in [0.1, 0.15) is 11.3 Å². The highest BCUT2D eigenvalue weighted by Crippen LogP contribution is 2.29. The molecule has 3 rings (SSSR count). The number of hydrogen-bond acceptors (Lipinski definition) is 7. The molecule has 0 radical (unpaired) electrons. The molecular weight excluding hydrogens is 412 g/mol. The van der Waals surface area contributed by atoms with Crippen LogP contribution in [-0.4, -0.2) is 68.4 Å². The Hall–Kier alpha value is -3.43. The molecule has 0 N–H and O–H groups in total. The van der Waals surface area contributed by atoms with Gasteiger partial charge in [-0.25, -0.2) is 9.78 Å². The molecule has 1 saturated heterocycles. The number of likely N-dealkylation sites (tertiary alicyclic amines) is 1. The molecule has 0 bridgehead atoms. The van der Waals surface area contributed by atoms with Crippen LogP contribution in [0.5, 0.6) is 0 Å². The van der Waals surface area contributed by atoms with Gasteiger partial charge in [0.15, 0.2) is 0 Å². The first-order chi connectivity index (χ1) is 15.0. The molecule has 0 atom stereocenters. The Morgan fingerprint density at radius 2 is 1.94 bits per heavy atom. The average molecular weight is 443 g/mol. The van der Waals surface area contributed by atoms with Crippen LogP contribution in [0.3, 0.4) is 0 Å². The number of pyridine rings is 1. The Morgan fingerprint density at radius 3 is 2.53 bits per heavy atom. The Bertz CT molecular complexity index is 1000. The first-order valence-corrected chi connectivity index (χ1v) is 10.5. The molecule has 1 fully saturated rings. The number of rotatable bonds is 5. The maximum absolute atomic E-state index is 12.3. The Kier molecular flexibility index (Phi) is 6.81. The summed E-state index contributed by atoms with van der Waals surface area (Å²) in [5.41, 5.74) is 1.13. The Morgan fingerprint density at radius 1 is 1.25 bits per heavy atom. The molecule has 0 spiro atoms. The summed E-state index contributed by atoms with van der Waals surface area (Å²) in [7, 11) is 3.67. The molecule has 10 heteroatoms. The van der Waals surface area contributed by atoms with Crippen molar-refractivity contribution in [2.45, 2.75) is 45.3 Å². The number of hydrogen-bond donors (Lipinski definition) is 0. The van der Waals surface area contributed by atoms with Gasteiger partial charge in [-0.05, 0) is 39.7 Å². The Balaban J connectivity index is 1.70. The molecule has 32 heavy (non-hydrogen) atoms. The second-order valence-electron chi connectivity index (χ2n) is 9.07. The van der Waals surface area contributed by atoms with Crippen LogP contribution in [0, 0.1) is 10.1 Å². The lowest BCUT2D eigenvalue weighted by Crippen LogP contribution is -2.42. The third-order valence-electron chi connectivity index (χ3n) is 5.05. The van der Waals surface area contributed by atoms with Gasteiger partial charge in [-0.3, -0.25) is 14.8 Å². The second kappa shape index (κ2) is 9.37. The Labute approximate surface area is 187 Å². The number of ether oxygens (including phenoxy) is 1. The van der Waals surface area contributed by atoms with Crippen LogP contribution < -0.4 is 0 Å². The highest BCUT2D eigenvalue weighted by atomic mass is 16.6. The molecule has 2 aromatic heterocycles. The quantitative estimate of drug-likeness (QED) is 0.509. The highest BCUT2D eigenvalue weighted by Gasteiger charge is 2.28. The molecule has 0 aliphatic carbocycles. The fraction of sp³-hybridized carbons (Fsp3) is 0.500. The van der Waals surface area contributed by atoms with Crippen molar-refractivity contribution >= 4 is 17.9 Å². The zero-order valence-corrected chi connectivity index (χ0v) is 19.2. The van der Waals surface area contributed by atoms with E-state index in [0.717, 1.165) is 18.4 Å². The van der Waals surface area contributed by atoms with E-state index in [2.05, 4.69) is 10.1 Å². The van der Waals surface area contributed by atoms with E-state index in [-0.39, 0.29) is 17.8 Å². The fourth-order valence-corrected chi connectivity index (χ4v) is 3.44. The smallest absolute Gasteiger partial charge is 0.410 e. The largest absolute Gasteiger partial charge is 0.444 e. The van der Waals surface area contributed by atoms with Crippen LogP contribution in [0.2, 0.25) is 0 Å². The fourth-order valence-electron chi connectivity index (χ4n) is 3.44. The molecular formula is C22H30N6O4. The van der Waals surface area contributed by atoms with E-state index in [1.54, 1.807) is 34.5 Å². The zero-order chi connectivity index (χ0) is 23.5. The number of nitro groups is 1. The summed E-state index contributed by atoms with van der Waals surface area (Å²) >= 11 is 0. The minimum absolute atomic E-state index is 0.0565. The number of piperidine rings is 1. The molecule has 172 valence electrons. The minimum Gasteiger partial charge on any atom is -0.444 e. The van der Waals surface area contributed by atoms with E-state index >= 15 is 0 Å². The number of aromatic nitrogens is 3. The average Bonchev–Trinajstić information content (AvgIpc) is 3.21. The van der Waals surface area contributed by atoms with E-state index in [0.29, 0.717) is 24.3 Å². The van der Waals surface area contributed by atoms with Gasteiger partial charge >= 0.3 is 6.09 Å². The third kappa shape index (κ3) is 5.83. The highest BCUT2D eigenvalue weighted by molar-refractivity contribution is 5.69. The molecule has 0 aromatic carbocycles. The van der Waals surface area contributed by atoms with Gasteiger partial charge in [0.2, 0.25) is 0 Å². The van der Waals surface area contributed by atoms with Crippen LogP contribution in [0.4, 0.5) is 10.5 Å². The van der Waals surface area contributed by atoms with Crippen molar-refractivity contribution in [2.24, 2.45) is 0 Å². The van der Waals surface area contributed by atoms with Crippen LogP contribution in [-0.2, 0) is 4.74 Å². The standard InChI is InChI=1S/C22H30N6O4/c1-22(2,3)32-21(29)26-10-6-18(7-11-26)27-15-17(14-24-27)16-12-20(28(30)31)19(23-13-16)8-9-25(4)5/h8-9,12-15,18H,6-7,10-11H2,1-5H3/b9-8+. The summed E-state index contributed by atoms with van der Waals surface area (Å²) in [5.74, 6) is 0. The maximum Gasteiger partial charge on any atom is 0.410 e. The second-order valence-corrected chi connectivity index (χ2v) is 9.07. The normalized spacial score (nSPS) is 15.2. The van der Waals surface area contributed by atoms with Gasteiger partial charge in [0.25, 0.3) is 5.69 Å². The van der Waals surface area contributed by atoms with Gasteiger partial charge in [-0.15, -0.1) is 0 Å². The van der Waals surface area contributed by atoms with Gasteiger partial charge < -0.3 is 14.5 Å². The lowest BCUT2D eigenvalue weighted by atomic mass is 10.1. The topological polar surface area (TPSA) is 107 Å². The molecule has 1 aliphatic rings. The third-order valence-corrected chi connectivity index (χ3v) is 5.05. The first-order valence-electron chi connectivity index (χ1n) is 10.5. The summed E-state index contributed by atoms with van der Waals surface area (Å²) in [4.78, 5) is 31.1. The van der Waals surface area contributed by atoms with E-state index < -0.39 is 10.5 Å². The van der Waals surface area contributed by atoms with Crippen molar-refractivity contribution in [2.75, 3.05) is 27.2 Å². The lowest BCUT2D eigenvalue weighted by molar-refractivity contribution is -0.385. The molecule has 2 aromatic rings. The van der Waals surface area contributed by atoms with Gasteiger partial charge in [0, 0.05) is 63.0 Å². The number of carbonyl (C=O) groups excluding carboxylic acids is 1. The van der Waals surface area contributed by atoms with Gasteiger partial charge in [0.05, 0.1) is 17.2 Å². The van der Waals surface area contributed by atoms with Crippen molar-refractivity contribution in [3.8, 4) is 11.1 Å². The van der Waals surface area contributed by atoms with Crippen LogP contribution >= 0.6 is 0 Å². The zero-order valence-electron chi connectivity index (χ0n) is 19.2. The van der Waals surface area contributed by atoms with Crippen LogP contribution in [0.1, 0.15) is 45.3 Å². The summed E-state index contributed by atoms with van der Waals surface area (Å²) < 4.78 is 7.31. The van der Waals surface area contributed by atoms with Gasteiger partial charge in [-0.2, -0.15) is 5.10 Å². The summed E-state index contributed by atoms with van der Waals surface area (Å²) in [6.45, 7) is 6.75. The maximum atomic E-state index is 12.3. The molecule has 3 heterocycles. The monoisotopic (exact) mass is 442 g/mol. The molecule has 0 unspecified atom stereocenters. The van der Waals surface area contributed by atoms with Gasteiger partial charge in [-0.1, -0.05) is 0 Å². The molecule has 1 aliphatic heterocycles. The predicted octanol–water partition coefficient (Wildman–Crippen LogP) is 3.96. The molecule has 10 nitrogen and oxygen atoms in total. The predicted molar refractivity (Wildman–Crippen MR) is 121 cm³/mol. The summed E-state index contributed by atoms with van der Waals surface area (Å²) in [6, 6.07) is 1.67. The van der Waals surface area contributed by atoms with E-state index in [1.807, 2.05) is 45.7 Å². The van der Waals surface area contributed by atoms with E-state index in [1.165, 1.54) is 6.07 Å². The minimum atomic E-state index is -0.515. The first kappa shape index (κ1) is 23.2. The molecule has 0 saturated carbocycles. The summed E-state index contributed by atoms with van der Waals surface area (Å²) in [6.07, 6.45) is 9.74. The van der Waals surface area contributed by atoms with Crippen molar-refractivity contribution in [1.82, 2.24) is 24.6 Å². The van der Waals surface area contributed by atoms with Crippen LogP contribution in [0.15, 0.2) is 30.9 Å². The van der Waals surface area contributed by atoms with Crippen molar-refractivity contribution in [3.63, 3.8) is 0 Å². The number of amides is 1. The number of nitrogens with zero attached hydrogens (tertiary/aromatic N) is 6. The van der Waals surface area contributed by atoms with Crippen molar-refractivity contribution < 1.29 is 14.5 Å². The van der Waals surface area contributed by atoms with Crippen LogP contribution in [0.25, 0.3) is 17.2 Å². The van der Waals surface area contributed by atoms with Crippen molar-refractivity contribution in [1.29, 1.82) is 0 Å². The van der Waals surface area contributed by atoms with E-state index in [4.69, 9.17) is 4.74 Å². The van der Waals surface area contributed by atoms with E-state index in [9.17, 15) is 14.9 Å². The number of carbonyl (C=O) groups is 1. The van der Waals surface area contributed by atoms with Crippen molar-refractivity contribution in [3.05, 3.63) is 46.7 Å². The molecule has 1 amide bonds. The summed E-state index contributed by atoms with van der Waals surface area (Å²) in [5, 5.41) is 16.0. The lowest BCUT2D eigenvalue weighted by Gasteiger charge is -2.33. The SMILES string of the molecule is CN(C)/C=C/c1ncc(-c2cnn(C3CCN(C(=O)OC(C)(C)C)CC3)c2)cc1[N+](=O)[O-].